The van der Waals surface area contributed by atoms with Crippen LogP contribution < -0.4 is 10.6 Å². The average Bonchev–Trinajstić information content (AvgIpc) is 2.58. The summed E-state index contributed by atoms with van der Waals surface area (Å²) >= 11 is 5.34. The van der Waals surface area contributed by atoms with E-state index in [2.05, 4.69) is 67.0 Å². The number of hydrogen-bond acceptors (Lipinski definition) is 3. The number of nitrogens with one attached hydrogen (secondary N) is 2. The number of hydrogen-bond donors (Lipinski definition) is 2. The summed E-state index contributed by atoms with van der Waals surface area (Å²) in [6, 6.07) is 9.16. The molecule has 1 aromatic carbocycles. The lowest BCUT2D eigenvalue weighted by Gasteiger charge is -2.33. The number of rotatable bonds is 6. The highest BCUT2D eigenvalue weighted by Gasteiger charge is 2.19. The van der Waals surface area contributed by atoms with Crippen molar-refractivity contribution in [3.63, 3.8) is 0 Å². The predicted octanol–water partition coefficient (Wildman–Crippen LogP) is 3.56. The van der Waals surface area contributed by atoms with Crippen molar-refractivity contribution in [3.8, 4) is 0 Å². The molecule has 0 amide bonds. The fraction of sp³-hybridized carbons (Fsp3) is 0.588. The second-order valence-electron chi connectivity index (χ2n) is 5.81. The highest BCUT2D eigenvalue weighted by molar-refractivity contribution is 14.0. The number of thioether (sulfide) groups is 1. The van der Waals surface area contributed by atoms with Crippen LogP contribution in [0.1, 0.15) is 18.4 Å². The third kappa shape index (κ3) is 7.93. The molecule has 24 heavy (non-hydrogen) atoms. The largest absolute Gasteiger partial charge is 0.356 e. The molecule has 7 heteroatoms. The van der Waals surface area contributed by atoms with Crippen LogP contribution >= 0.6 is 51.7 Å². The summed E-state index contributed by atoms with van der Waals surface area (Å²) in [5, 5.41) is 6.93. The van der Waals surface area contributed by atoms with Gasteiger partial charge in [0.25, 0.3) is 0 Å². The molecule has 1 aliphatic heterocycles. The summed E-state index contributed by atoms with van der Waals surface area (Å²) in [4.78, 5) is 6.85. The molecular formula is C17H28BrIN4S. The van der Waals surface area contributed by atoms with Crippen LogP contribution in [0.25, 0.3) is 0 Å². The molecule has 1 saturated heterocycles. The highest BCUT2D eigenvalue weighted by atomic mass is 127. The van der Waals surface area contributed by atoms with E-state index in [0.717, 1.165) is 42.4 Å². The molecule has 0 saturated carbocycles. The Labute approximate surface area is 175 Å². The van der Waals surface area contributed by atoms with Gasteiger partial charge in [0, 0.05) is 49.5 Å². The molecule has 4 nitrogen and oxygen atoms in total. The van der Waals surface area contributed by atoms with E-state index in [0.29, 0.717) is 6.04 Å². The molecule has 0 aromatic heterocycles. The molecule has 1 aromatic rings. The standard InChI is InChI=1S/C17H27BrN4S.HI/c1-19-17(20-9-12-23-2)21-16-7-10-22(11-8-16)13-14-3-5-15(18)6-4-14;/h3-6,16H,7-13H2,1-2H3,(H2,19,20,21);1H. The summed E-state index contributed by atoms with van der Waals surface area (Å²) in [6.07, 6.45) is 4.46. The number of piperidine rings is 1. The number of guanidine groups is 1. The van der Waals surface area contributed by atoms with Gasteiger partial charge in [-0.15, -0.1) is 24.0 Å². The Bertz CT molecular complexity index is 490. The maximum Gasteiger partial charge on any atom is 0.191 e. The molecule has 0 atom stereocenters. The van der Waals surface area contributed by atoms with E-state index in [4.69, 9.17) is 0 Å². The molecule has 0 aliphatic carbocycles. The normalized spacial score (nSPS) is 16.5. The zero-order valence-corrected chi connectivity index (χ0v) is 19.2. The topological polar surface area (TPSA) is 39.7 Å². The van der Waals surface area contributed by atoms with Gasteiger partial charge in [-0.1, -0.05) is 28.1 Å². The number of benzene rings is 1. The zero-order valence-electron chi connectivity index (χ0n) is 14.4. The summed E-state index contributed by atoms with van der Waals surface area (Å²) in [6.45, 7) is 4.27. The third-order valence-corrected chi connectivity index (χ3v) is 5.21. The lowest BCUT2D eigenvalue weighted by Crippen LogP contribution is -2.48. The minimum atomic E-state index is 0. The van der Waals surface area contributed by atoms with Crippen molar-refractivity contribution < 1.29 is 0 Å². The number of likely N-dealkylation sites (tertiary alicyclic amines) is 1. The Balaban J connectivity index is 0.00000288. The van der Waals surface area contributed by atoms with Gasteiger partial charge < -0.3 is 10.6 Å². The van der Waals surface area contributed by atoms with Crippen molar-refractivity contribution in [1.82, 2.24) is 15.5 Å². The summed E-state index contributed by atoms with van der Waals surface area (Å²) in [5.41, 5.74) is 1.38. The Morgan fingerprint density at radius 3 is 2.54 bits per heavy atom. The van der Waals surface area contributed by atoms with E-state index in [1.165, 1.54) is 18.4 Å². The van der Waals surface area contributed by atoms with Crippen LogP contribution in [0.2, 0.25) is 0 Å². The monoisotopic (exact) mass is 526 g/mol. The molecule has 0 unspecified atom stereocenters. The second-order valence-corrected chi connectivity index (χ2v) is 7.71. The Hall–Kier alpha value is 0.01000. The molecule has 1 aliphatic rings. The highest BCUT2D eigenvalue weighted by Crippen LogP contribution is 2.16. The Morgan fingerprint density at radius 2 is 1.96 bits per heavy atom. The van der Waals surface area contributed by atoms with Crippen molar-refractivity contribution in [1.29, 1.82) is 0 Å². The number of aliphatic imine (C=N–C) groups is 1. The lowest BCUT2D eigenvalue weighted by atomic mass is 10.0. The summed E-state index contributed by atoms with van der Waals surface area (Å²) < 4.78 is 1.14. The van der Waals surface area contributed by atoms with Gasteiger partial charge in [0.05, 0.1) is 0 Å². The first-order chi connectivity index (χ1) is 11.2. The lowest BCUT2D eigenvalue weighted by molar-refractivity contribution is 0.198. The van der Waals surface area contributed by atoms with Crippen LogP contribution in [0.5, 0.6) is 0 Å². The molecule has 0 radical (unpaired) electrons. The summed E-state index contributed by atoms with van der Waals surface area (Å²) in [7, 11) is 1.84. The van der Waals surface area contributed by atoms with Gasteiger partial charge in [-0.05, 0) is 36.8 Å². The van der Waals surface area contributed by atoms with Crippen LogP contribution in [-0.2, 0) is 6.54 Å². The minimum Gasteiger partial charge on any atom is -0.356 e. The average molecular weight is 527 g/mol. The van der Waals surface area contributed by atoms with Gasteiger partial charge in [-0.3, -0.25) is 9.89 Å². The van der Waals surface area contributed by atoms with Crippen molar-refractivity contribution in [3.05, 3.63) is 34.3 Å². The third-order valence-electron chi connectivity index (χ3n) is 4.07. The molecule has 2 rings (SSSR count). The van der Waals surface area contributed by atoms with E-state index in [1.807, 2.05) is 18.8 Å². The van der Waals surface area contributed by atoms with Crippen LogP contribution in [-0.4, -0.2) is 55.6 Å². The molecule has 1 fully saturated rings. The van der Waals surface area contributed by atoms with Gasteiger partial charge in [-0.25, -0.2) is 0 Å². The second kappa shape index (κ2) is 12.4. The fourth-order valence-electron chi connectivity index (χ4n) is 2.74. The first-order valence-electron chi connectivity index (χ1n) is 8.14. The van der Waals surface area contributed by atoms with Gasteiger partial charge >= 0.3 is 0 Å². The van der Waals surface area contributed by atoms with E-state index in [9.17, 15) is 0 Å². The molecule has 2 N–H and O–H groups in total. The quantitative estimate of drug-likeness (QED) is 0.257. The van der Waals surface area contributed by atoms with Gasteiger partial charge in [0.15, 0.2) is 5.96 Å². The van der Waals surface area contributed by atoms with Crippen molar-refractivity contribution in [2.75, 3.05) is 38.7 Å². The van der Waals surface area contributed by atoms with E-state index < -0.39 is 0 Å². The molecule has 136 valence electrons. The summed E-state index contributed by atoms with van der Waals surface area (Å²) in [5.74, 6) is 2.04. The minimum absolute atomic E-state index is 0. The van der Waals surface area contributed by atoms with Gasteiger partial charge in [0.2, 0.25) is 0 Å². The SMILES string of the molecule is CN=C(NCCSC)NC1CCN(Cc2ccc(Br)cc2)CC1.I. The van der Waals surface area contributed by atoms with Gasteiger partial charge in [0.1, 0.15) is 0 Å². The van der Waals surface area contributed by atoms with E-state index in [1.54, 1.807) is 0 Å². The molecule has 0 spiro atoms. The maximum atomic E-state index is 4.32. The fourth-order valence-corrected chi connectivity index (χ4v) is 3.31. The predicted molar refractivity (Wildman–Crippen MR) is 121 cm³/mol. The first-order valence-corrected chi connectivity index (χ1v) is 10.3. The van der Waals surface area contributed by atoms with Crippen molar-refractivity contribution in [2.24, 2.45) is 4.99 Å². The Kier molecular flexibility index (Phi) is 11.4. The molecular weight excluding hydrogens is 499 g/mol. The van der Waals surface area contributed by atoms with Crippen molar-refractivity contribution in [2.45, 2.75) is 25.4 Å². The number of halogens is 2. The maximum absolute atomic E-state index is 4.32. The smallest absolute Gasteiger partial charge is 0.191 e. The first kappa shape index (κ1) is 22.1. The van der Waals surface area contributed by atoms with E-state index in [-0.39, 0.29) is 24.0 Å². The Morgan fingerprint density at radius 1 is 1.29 bits per heavy atom. The molecule has 0 bridgehead atoms. The van der Waals surface area contributed by atoms with Crippen LogP contribution in [0.15, 0.2) is 33.7 Å². The van der Waals surface area contributed by atoms with Gasteiger partial charge in [-0.2, -0.15) is 11.8 Å². The number of nitrogens with zero attached hydrogens (tertiary/aromatic N) is 2. The zero-order chi connectivity index (χ0) is 16.5. The van der Waals surface area contributed by atoms with E-state index >= 15 is 0 Å². The van der Waals surface area contributed by atoms with Crippen molar-refractivity contribution >= 4 is 57.6 Å². The van der Waals surface area contributed by atoms with Crippen LogP contribution in [0.3, 0.4) is 0 Å². The van der Waals surface area contributed by atoms with Crippen LogP contribution in [0, 0.1) is 0 Å². The van der Waals surface area contributed by atoms with Crippen LogP contribution in [0.4, 0.5) is 0 Å². The molecule has 1 heterocycles.